The van der Waals surface area contributed by atoms with Crippen molar-refractivity contribution in [2.45, 2.75) is 51.6 Å². The maximum atomic E-state index is 12.3. The van der Waals surface area contributed by atoms with Crippen molar-refractivity contribution in [3.05, 3.63) is 47.0 Å². The Bertz CT molecular complexity index is 810. The zero-order chi connectivity index (χ0) is 20.8. The van der Waals surface area contributed by atoms with Crippen LogP contribution in [0, 0.1) is 0 Å². The number of nitrogens with one attached hydrogen (secondary N) is 1. The van der Waals surface area contributed by atoms with Gasteiger partial charge in [-0.05, 0) is 51.2 Å². The van der Waals surface area contributed by atoms with E-state index in [2.05, 4.69) is 11.4 Å². The van der Waals surface area contributed by atoms with Gasteiger partial charge >= 0.3 is 5.97 Å². The van der Waals surface area contributed by atoms with Crippen LogP contribution in [0.1, 0.15) is 66.2 Å². The number of imide groups is 1. The Morgan fingerprint density at radius 1 is 1.14 bits per heavy atom. The van der Waals surface area contributed by atoms with E-state index in [9.17, 15) is 19.2 Å². The molecule has 3 amide bonds. The Kier molecular flexibility index (Phi) is 6.80. The molecule has 0 saturated heterocycles. The molecule has 3 rings (SSSR count). The fraction of sp³-hybridized carbons (Fsp3) is 0.455. The normalized spacial score (nSPS) is 16.9. The molecule has 154 valence electrons. The van der Waals surface area contributed by atoms with Gasteiger partial charge in [-0.3, -0.25) is 24.1 Å². The molecule has 2 aliphatic rings. The summed E-state index contributed by atoms with van der Waals surface area (Å²) in [5, 5.41) is 2.78. The molecular formula is C22H26N2O5. The van der Waals surface area contributed by atoms with Crippen molar-refractivity contribution in [1.29, 1.82) is 0 Å². The van der Waals surface area contributed by atoms with Gasteiger partial charge in [-0.2, -0.15) is 0 Å². The summed E-state index contributed by atoms with van der Waals surface area (Å²) >= 11 is 0. The van der Waals surface area contributed by atoms with E-state index in [1.807, 2.05) is 0 Å². The van der Waals surface area contributed by atoms with Gasteiger partial charge in [0.2, 0.25) is 0 Å². The van der Waals surface area contributed by atoms with Gasteiger partial charge in [0.15, 0.2) is 6.10 Å². The molecule has 29 heavy (non-hydrogen) atoms. The third-order valence-electron chi connectivity index (χ3n) is 5.23. The Hall–Kier alpha value is -2.96. The fourth-order valence-corrected chi connectivity index (χ4v) is 3.58. The number of carbonyl (C=O) groups is 4. The summed E-state index contributed by atoms with van der Waals surface area (Å²) in [4.78, 5) is 49.8. The molecule has 1 aromatic carbocycles. The summed E-state index contributed by atoms with van der Waals surface area (Å²) in [5.74, 6) is -1.81. The predicted octanol–water partition coefficient (Wildman–Crippen LogP) is 2.61. The second-order valence-corrected chi connectivity index (χ2v) is 7.34. The van der Waals surface area contributed by atoms with Gasteiger partial charge in [0.25, 0.3) is 17.7 Å². The highest BCUT2D eigenvalue weighted by atomic mass is 16.5. The number of benzene rings is 1. The number of ether oxygens (including phenoxy) is 1. The third-order valence-corrected chi connectivity index (χ3v) is 5.23. The van der Waals surface area contributed by atoms with Crippen molar-refractivity contribution in [2.75, 3.05) is 13.1 Å². The van der Waals surface area contributed by atoms with Gasteiger partial charge in [-0.1, -0.05) is 23.8 Å². The first kappa shape index (κ1) is 20.8. The first-order valence-electron chi connectivity index (χ1n) is 10.1. The quantitative estimate of drug-likeness (QED) is 0.413. The lowest BCUT2D eigenvalue weighted by Crippen LogP contribution is -2.37. The Labute approximate surface area is 170 Å². The first-order chi connectivity index (χ1) is 14.0. The number of carbonyl (C=O) groups excluding carboxylic acids is 4. The lowest BCUT2D eigenvalue weighted by atomic mass is 9.97. The van der Waals surface area contributed by atoms with Crippen LogP contribution in [-0.4, -0.2) is 47.8 Å². The minimum atomic E-state index is -0.926. The van der Waals surface area contributed by atoms with E-state index < -0.39 is 23.9 Å². The van der Waals surface area contributed by atoms with E-state index in [0.717, 1.165) is 24.2 Å². The molecule has 1 aromatic rings. The zero-order valence-electron chi connectivity index (χ0n) is 16.6. The monoisotopic (exact) mass is 398 g/mol. The van der Waals surface area contributed by atoms with Gasteiger partial charge in [-0.25, -0.2) is 0 Å². The minimum absolute atomic E-state index is 0.0757. The number of hydrogen-bond acceptors (Lipinski definition) is 5. The van der Waals surface area contributed by atoms with Gasteiger partial charge in [0.05, 0.1) is 17.5 Å². The van der Waals surface area contributed by atoms with E-state index in [1.165, 1.54) is 25.3 Å². The summed E-state index contributed by atoms with van der Waals surface area (Å²) in [6, 6.07) is 6.55. The maximum absolute atomic E-state index is 12.3. The van der Waals surface area contributed by atoms with Crippen molar-refractivity contribution >= 4 is 23.7 Å². The first-order valence-corrected chi connectivity index (χ1v) is 10.1. The largest absolute Gasteiger partial charge is 0.452 e. The standard InChI is InChI=1S/C22H26N2O5/c1-15(20(26)23-13-11-16-7-3-2-4-8-16)29-19(25)12-14-24-21(27)17-9-5-6-10-18(17)22(24)28/h5-7,9-10,15H,2-4,8,11-14H2,1H3,(H,23,26)/t15-/m0/s1. The van der Waals surface area contributed by atoms with Crippen LogP contribution in [0.25, 0.3) is 0 Å². The van der Waals surface area contributed by atoms with Crippen LogP contribution < -0.4 is 5.32 Å². The Balaban J connectivity index is 1.40. The van der Waals surface area contributed by atoms with Crippen LogP contribution in [-0.2, 0) is 14.3 Å². The molecule has 1 aliphatic carbocycles. The van der Waals surface area contributed by atoms with Crippen LogP contribution in [0.5, 0.6) is 0 Å². The van der Waals surface area contributed by atoms with Crippen LogP contribution in [0.3, 0.4) is 0 Å². The number of nitrogens with zero attached hydrogens (tertiary/aromatic N) is 1. The molecule has 1 heterocycles. The minimum Gasteiger partial charge on any atom is -0.452 e. The highest BCUT2D eigenvalue weighted by Gasteiger charge is 2.35. The lowest BCUT2D eigenvalue weighted by Gasteiger charge is -2.17. The number of rotatable bonds is 8. The maximum Gasteiger partial charge on any atom is 0.308 e. The van der Waals surface area contributed by atoms with Crippen molar-refractivity contribution in [3.8, 4) is 0 Å². The van der Waals surface area contributed by atoms with Crippen molar-refractivity contribution in [1.82, 2.24) is 10.2 Å². The lowest BCUT2D eigenvalue weighted by molar-refractivity contribution is -0.154. The summed E-state index contributed by atoms with van der Waals surface area (Å²) in [5.41, 5.74) is 2.04. The number of hydrogen-bond donors (Lipinski definition) is 1. The van der Waals surface area contributed by atoms with Crippen molar-refractivity contribution in [2.24, 2.45) is 0 Å². The zero-order valence-corrected chi connectivity index (χ0v) is 16.6. The molecule has 0 radical (unpaired) electrons. The molecule has 1 atom stereocenters. The SMILES string of the molecule is C[C@H](OC(=O)CCN1C(=O)c2ccccc2C1=O)C(=O)NCCC1=CCCCC1. The van der Waals surface area contributed by atoms with Crippen LogP contribution in [0.2, 0.25) is 0 Å². The molecule has 0 unspecified atom stereocenters. The van der Waals surface area contributed by atoms with E-state index in [-0.39, 0.29) is 18.9 Å². The second-order valence-electron chi connectivity index (χ2n) is 7.34. The summed E-state index contributed by atoms with van der Waals surface area (Å²) in [6.07, 6.45) is 6.57. The molecular weight excluding hydrogens is 372 g/mol. The molecule has 0 aromatic heterocycles. The smallest absolute Gasteiger partial charge is 0.308 e. The van der Waals surface area contributed by atoms with Crippen LogP contribution in [0.15, 0.2) is 35.9 Å². The number of esters is 1. The fourth-order valence-electron chi connectivity index (χ4n) is 3.58. The van der Waals surface area contributed by atoms with Gasteiger partial charge in [0, 0.05) is 13.1 Å². The van der Waals surface area contributed by atoms with E-state index in [1.54, 1.807) is 24.3 Å². The topological polar surface area (TPSA) is 92.8 Å². The molecule has 1 aliphatic heterocycles. The van der Waals surface area contributed by atoms with Crippen molar-refractivity contribution in [3.63, 3.8) is 0 Å². The van der Waals surface area contributed by atoms with Crippen LogP contribution in [0.4, 0.5) is 0 Å². The molecule has 1 N–H and O–H groups in total. The second kappa shape index (κ2) is 9.49. The molecule has 7 heteroatoms. The average Bonchev–Trinajstić information content (AvgIpc) is 2.97. The van der Waals surface area contributed by atoms with Crippen LogP contribution >= 0.6 is 0 Å². The molecule has 0 saturated carbocycles. The number of amides is 3. The Morgan fingerprint density at radius 3 is 2.45 bits per heavy atom. The summed E-state index contributed by atoms with van der Waals surface area (Å²) < 4.78 is 5.15. The van der Waals surface area contributed by atoms with E-state index in [4.69, 9.17) is 4.74 Å². The van der Waals surface area contributed by atoms with E-state index in [0.29, 0.717) is 17.7 Å². The molecule has 0 bridgehead atoms. The molecule has 7 nitrogen and oxygen atoms in total. The number of allylic oxidation sites excluding steroid dienone is 1. The van der Waals surface area contributed by atoms with E-state index >= 15 is 0 Å². The highest BCUT2D eigenvalue weighted by molar-refractivity contribution is 6.21. The van der Waals surface area contributed by atoms with Gasteiger partial charge in [0.1, 0.15) is 0 Å². The van der Waals surface area contributed by atoms with Crippen molar-refractivity contribution < 1.29 is 23.9 Å². The third kappa shape index (κ3) is 5.10. The molecule has 0 fully saturated rings. The van der Waals surface area contributed by atoms with Gasteiger partial charge in [-0.15, -0.1) is 0 Å². The average molecular weight is 398 g/mol. The van der Waals surface area contributed by atoms with Gasteiger partial charge < -0.3 is 10.1 Å². The summed E-state index contributed by atoms with van der Waals surface area (Å²) in [7, 11) is 0. The molecule has 0 spiro atoms. The Morgan fingerprint density at radius 2 is 1.83 bits per heavy atom. The summed E-state index contributed by atoms with van der Waals surface area (Å²) in [6.45, 7) is 1.95. The highest BCUT2D eigenvalue weighted by Crippen LogP contribution is 2.22. The number of fused-ring (bicyclic) bond motifs is 1. The predicted molar refractivity (Wildman–Crippen MR) is 106 cm³/mol.